The van der Waals surface area contributed by atoms with Crippen molar-refractivity contribution in [2.75, 3.05) is 0 Å². The van der Waals surface area contributed by atoms with E-state index in [0.717, 1.165) is 0 Å². The molecule has 0 radical (unpaired) electrons. The standard InChI is InChI=1S/C46H49N7O13/c47-38(55)22-20-34(48-44(61)37-21-23-39(56)53(37)46(63)66-28-32-14-8-3-9-15-32)41(58)50-36(25-40(57)64-26-30-10-4-1-5-11-30)42(59)49-35(24-29-16-18-33(54)19-17-29)43(60)51-52-45(62)65-27-31-12-6-2-7-13-31/h1-19,34-37,54H,20-28H2,(H2,47,55)(H,48,61)(H,49,59)(H,50,58)(H,51,60)(H,52,62)/t34-,35-,36-,37-/m0/s1. The summed E-state index contributed by atoms with van der Waals surface area (Å²) in [6.45, 7) is -0.535. The number of primary amides is 1. The highest BCUT2D eigenvalue weighted by Crippen LogP contribution is 2.21. The molecule has 1 heterocycles. The second kappa shape index (κ2) is 24.5. The summed E-state index contributed by atoms with van der Waals surface area (Å²) in [6, 6.07) is 25.1. The molecular formula is C46H49N7O13. The number of imide groups is 1. The number of carbonyl (C=O) groups excluding carboxylic acids is 9. The van der Waals surface area contributed by atoms with E-state index in [0.29, 0.717) is 27.2 Å². The average Bonchev–Trinajstić information content (AvgIpc) is 3.72. The van der Waals surface area contributed by atoms with Crippen molar-refractivity contribution >= 4 is 53.6 Å². The van der Waals surface area contributed by atoms with Crippen LogP contribution in [0, 0.1) is 0 Å². The molecule has 8 amide bonds. The van der Waals surface area contributed by atoms with Crippen LogP contribution < -0.4 is 32.5 Å². The zero-order valence-electron chi connectivity index (χ0n) is 35.5. The first-order chi connectivity index (χ1) is 31.7. The first-order valence-corrected chi connectivity index (χ1v) is 20.7. The van der Waals surface area contributed by atoms with Gasteiger partial charge in [-0.2, -0.15) is 0 Å². The molecule has 4 atom stereocenters. The minimum absolute atomic E-state index is 0.0865. The first kappa shape index (κ1) is 48.7. The fraction of sp³-hybridized carbons (Fsp3) is 0.283. The van der Waals surface area contributed by atoms with E-state index in [2.05, 4.69) is 26.8 Å². The van der Waals surface area contributed by atoms with E-state index in [1.165, 1.54) is 24.3 Å². The van der Waals surface area contributed by atoms with Gasteiger partial charge >= 0.3 is 18.2 Å². The second-order valence-electron chi connectivity index (χ2n) is 14.9. The first-order valence-electron chi connectivity index (χ1n) is 20.7. The quantitative estimate of drug-likeness (QED) is 0.0380. The van der Waals surface area contributed by atoms with Gasteiger partial charge in [-0.15, -0.1) is 0 Å². The molecule has 1 aliphatic heterocycles. The number of nitrogens with two attached hydrogens (primary N) is 1. The number of phenols is 1. The Hall–Kier alpha value is -8.29. The maximum Gasteiger partial charge on any atom is 0.426 e. The van der Waals surface area contributed by atoms with E-state index in [1.54, 1.807) is 91.0 Å². The fourth-order valence-electron chi connectivity index (χ4n) is 6.53. The van der Waals surface area contributed by atoms with Gasteiger partial charge in [-0.05, 0) is 47.2 Å². The van der Waals surface area contributed by atoms with Crippen LogP contribution in [-0.4, -0.2) is 87.8 Å². The number of amides is 8. The van der Waals surface area contributed by atoms with Crippen LogP contribution in [0.2, 0.25) is 0 Å². The lowest BCUT2D eigenvalue weighted by Crippen LogP contribution is -2.59. The molecule has 1 saturated heterocycles. The molecule has 1 aliphatic rings. The van der Waals surface area contributed by atoms with E-state index >= 15 is 0 Å². The number of ether oxygens (including phenoxy) is 3. The van der Waals surface area contributed by atoms with E-state index in [9.17, 15) is 48.3 Å². The Morgan fingerprint density at radius 1 is 0.621 bits per heavy atom. The Morgan fingerprint density at radius 2 is 1.15 bits per heavy atom. The van der Waals surface area contributed by atoms with Crippen molar-refractivity contribution in [2.24, 2.45) is 5.73 Å². The lowest BCUT2D eigenvalue weighted by molar-refractivity contribution is -0.147. The molecule has 1 fully saturated rings. The van der Waals surface area contributed by atoms with E-state index in [-0.39, 0.29) is 44.8 Å². The third kappa shape index (κ3) is 15.5. The van der Waals surface area contributed by atoms with Crippen LogP contribution in [0.3, 0.4) is 0 Å². The van der Waals surface area contributed by atoms with E-state index in [4.69, 9.17) is 19.9 Å². The van der Waals surface area contributed by atoms with Crippen molar-refractivity contribution in [3.63, 3.8) is 0 Å². The molecule has 0 bridgehead atoms. The van der Waals surface area contributed by atoms with Crippen LogP contribution in [0.5, 0.6) is 5.75 Å². The lowest BCUT2D eigenvalue weighted by Gasteiger charge is -2.27. The summed E-state index contributed by atoms with van der Waals surface area (Å²) in [7, 11) is 0. The van der Waals surface area contributed by atoms with Crippen molar-refractivity contribution < 1.29 is 62.5 Å². The topological polar surface area (TPSA) is 291 Å². The number of phenolic OH excluding ortho intramolecular Hbond substituents is 1. The molecular weight excluding hydrogens is 859 g/mol. The zero-order valence-corrected chi connectivity index (χ0v) is 35.5. The lowest BCUT2D eigenvalue weighted by atomic mass is 10.0. The van der Waals surface area contributed by atoms with Gasteiger partial charge in [-0.1, -0.05) is 103 Å². The summed E-state index contributed by atoms with van der Waals surface area (Å²) < 4.78 is 15.8. The summed E-state index contributed by atoms with van der Waals surface area (Å²) in [5, 5.41) is 17.2. The fourth-order valence-corrected chi connectivity index (χ4v) is 6.53. The van der Waals surface area contributed by atoms with Gasteiger partial charge in [-0.3, -0.25) is 39.0 Å². The molecule has 0 aromatic heterocycles. The summed E-state index contributed by atoms with van der Waals surface area (Å²) in [5.41, 5.74) is 12.0. The molecule has 0 spiro atoms. The molecule has 0 unspecified atom stereocenters. The van der Waals surface area contributed by atoms with Crippen molar-refractivity contribution in [3.05, 3.63) is 138 Å². The molecule has 0 saturated carbocycles. The van der Waals surface area contributed by atoms with Crippen LogP contribution in [-0.2, 0) is 74.0 Å². The number of hydrogen-bond donors (Lipinski definition) is 7. The number of hydrogen-bond acceptors (Lipinski definition) is 13. The van der Waals surface area contributed by atoms with Gasteiger partial charge in [0.2, 0.25) is 29.5 Å². The predicted octanol–water partition coefficient (Wildman–Crippen LogP) is 2.07. The minimum atomic E-state index is -1.80. The van der Waals surface area contributed by atoms with Crippen LogP contribution in [0.25, 0.3) is 0 Å². The highest BCUT2D eigenvalue weighted by molar-refractivity contribution is 6.02. The molecule has 5 rings (SSSR count). The Bertz CT molecular complexity index is 2340. The van der Waals surface area contributed by atoms with Crippen LogP contribution in [0.15, 0.2) is 115 Å². The van der Waals surface area contributed by atoms with E-state index in [1.807, 2.05) is 0 Å². The second-order valence-corrected chi connectivity index (χ2v) is 14.9. The number of carbonyl (C=O) groups is 9. The Morgan fingerprint density at radius 3 is 1.73 bits per heavy atom. The van der Waals surface area contributed by atoms with Gasteiger partial charge in [0, 0.05) is 19.3 Å². The van der Waals surface area contributed by atoms with Crippen molar-refractivity contribution in [2.45, 2.75) is 82.5 Å². The van der Waals surface area contributed by atoms with Crippen molar-refractivity contribution in [3.8, 4) is 5.75 Å². The van der Waals surface area contributed by atoms with Gasteiger partial charge < -0.3 is 41.0 Å². The molecule has 20 heteroatoms. The molecule has 0 aliphatic carbocycles. The monoisotopic (exact) mass is 907 g/mol. The highest BCUT2D eigenvalue weighted by atomic mass is 16.6. The predicted molar refractivity (Wildman–Crippen MR) is 231 cm³/mol. The number of aromatic hydroxyl groups is 1. The third-order valence-corrected chi connectivity index (χ3v) is 9.98. The SMILES string of the molecule is NC(=O)CC[C@H](NC(=O)[C@@H]1CCC(=O)N1C(=O)OCc1ccccc1)C(=O)N[C@@H](CC(=O)OCc1ccccc1)C(=O)N[C@@H](Cc1ccc(O)cc1)C(=O)NNC(=O)OCc1ccccc1. The van der Waals surface area contributed by atoms with Crippen molar-refractivity contribution in [1.82, 2.24) is 31.7 Å². The van der Waals surface area contributed by atoms with Crippen molar-refractivity contribution in [1.29, 1.82) is 0 Å². The normalized spacial score (nSPS) is 14.3. The number of nitrogens with one attached hydrogen (secondary N) is 5. The minimum Gasteiger partial charge on any atom is -0.508 e. The van der Waals surface area contributed by atoms with Crippen LogP contribution in [0.1, 0.15) is 54.4 Å². The molecule has 346 valence electrons. The van der Waals surface area contributed by atoms with Crippen LogP contribution in [0.4, 0.5) is 9.59 Å². The summed E-state index contributed by atoms with van der Waals surface area (Å²) in [5.74, 6) is -6.74. The Labute approximate surface area is 378 Å². The summed E-state index contributed by atoms with van der Waals surface area (Å²) in [4.78, 5) is 120. The Kier molecular flexibility index (Phi) is 18.1. The molecule has 8 N–H and O–H groups in total. The molecule has 20 nitrogen and oxygen atoms in total. The number of benzene rings is 4. The number of rotatable bonds is 20. The smallest absolute Gasteiger partial charge is 0.426 e. The maximum atomic E-state index is 14.2. The van der Waals surface area contributed by atoms with Gasteiger partial charge in [0.1, 0.15) is 49.7 Å². The number of hydrazine groups is 1. The number of likely N-dealkylation sites (tertiary alicyclic amines) is 1. The molecule has 4 aromatic rings. The van der Waals surface area contributed by atoms with Crippen LogP contribution >= 0.6 is 0 Å². The van der Waals surface area contributed by atoms with Gasteiger partial charge in [0.15, 0.2) is 0 Å². The Balaban J connectivity index is 1.33. The highest BCUT2D eigenvalue weighted by Gasteiger charge is 2.43. The molecule has 66 heavy (non-hydrogen) atoms. The van der Waals surface area contributed by atoms with Gasteiger partial charge in [0.05, 0.1) is 6.42 Å². The largest absolute Gasteiger partial charge is 0.508 e. The summed E-state index contributed by atoms with van der Waals surface area (Å²) in [6.07, 6.45) is -4.38. The molecule has 4 aromatic carbocycles. The van der Waals surface area contributed by atoms with Gasteiger partial charge in [-0.25, -0.2) is 19.9 Å². The summed E-state index contributed by atoms with van der Waals surface area (Å²) >= 11 is 0. The number of esters is 1. The number of nitrogens with zero attached hydrogens (tertiary/aromatic N) is 1. The van der Waals surface area contributed by atoms with Gasteiger partial charge in [0.25, 0.3) is 5.91 Å². The van der Waals surface area contributed by atoms with E-state index < -0.39 is 97.0 Å². The average molecular weight is 908 g/mol. The maximum absolute atomic E-state index is 14.2. The zero-order chi connectivity index (χ0) is 47.4. The third-order valence-electron chi connectivity index (χ3n) is 9.98.